The van der Waals surface area contributed by atoms with Crippen LogP contribution in [0.4, 0.5) is 0 Å². The van der Waals surface area contributed by atoms with Gasteiger partial charge < -0.3 is 19.3 Å². The zero-order chi connectivity index (χ0) is 14.2. The van der Waals surface area contributed by atoms with Gasteiger partial charge >= 0.3 is 0 Å². The maximum absolute atomic E-state index is 10.5. The second-order valence-electron chi connectivity index (χ2n) is 5.81. The van der Waals surface area contributed by atoms with Crippen LogP contribution in [-0.4, -0.2) is 11.7 Å². The Balaban J connectivity index is 1.68. The van der Waals surface area contributed by atoms with E-state index >= 15 is 0 Å². The summed E-state index contributed by atoms with van der Waals surface area (Å²) in [6, 6.07) is 5.98. The molecule has 0 spiro atoms. The maximum atomic E-state index is 10.5. The van der Waals surface area contributed by atoms with Gasteiger partial charge in [-0.05, 0) is 44.9 Å². The van der Waals surface area contributed by atoms with Crippen LogP contribution in [-0.2, 0) is 12.0 Å². The van der Waals surface area contributed by atoms with Crippen LogP contribution in [0.25, 0.3) is 0 Å². The fourth-order valence-electron chi connectivity index (χ4n) is 2.83. The van der Waals surface area contributed by atoms with Crippen LogP contribution in [0.5, 0.6) is 0 Å². The summed E-state index contributed by atoms with van der Waals surface area (Å²) in [5.74, 6) is 2.49. The zero-order valence-electron chi connectivity index (χ0n) is 12.0. The summed E-state index contributed by atoms with van der Waals surface area (Å²) in [5.41, 5.74) is 0.220. The second-order valence-corrected chi connectivity index (χ2v) is 5.81. The second kappa shape index (κ2) is 5.11. The van der Waals surface area contributed by atoms with E-state index in [1.165, 1.54) is 5.56 Å². The largest absolute Gasteiger partial charge is 0.469 e. The molecule has 2 atom stereocenters. The van der Waals surface area contributed by atoms with Gasteiger partial charge in [0.15, 0.2) is 0 Å². The number of fused-ring (bicyclic) bond motifs is 1. The van der Waals surface area contributed by atoms with Crippen molar-refractivity contribution in [3.8, 4) is 0 Å². The lowest BCUT2D eigenvalue weighted by Gasteiger charge is -2.28. The molecule has 4 heteroatoms. The Kier molecular flexibility index (Phi) is 3.44. The van der Waals surface area contributed by atoms with E-state index in [9.17, 15) is 5.11 Å². The first-order chi connectivity index (χ1) is 9.56. The molecule has 0 radical (unpaired) electrons. The van der Waals surface area contributed by atoms with Crippen molar-refractivity contribution in [1.82, 2.24) is 5.32 Å². The number of hydrogen-bond donors (Lipinski definition) is 2. The number of furan rings is 2. The van der Waals surface area contributed by atoms with E-state index in [0.717, 1.165) is 30.8 Å². The molecule has 0 unspecified atom stereocenters. The van der Waals surface area contributed by atoms with Gasteiger partial charge in [-0.2, -0.15) is 0 Å². The van der Waals surface area contributed by atoms with Crippen LogP contribution in [0.3, 0.4) is 0 Å². The van der Waals surface area contributed by atoms with Crippen LogP contribution in [0, 0.1) is 6.92 Å². The minimum atomic E-state index is -1.00. The van der Waals surface area contributed by atoms with Gasteiger partial charge in [-0.15, -0.1) is 0 Å². The first-order valence-corrected chi connectivity index (χ1v) is 7.15. The molecule has 0 fully saturated rings. The van der Waals surface area contributed by atoms with Crippen LogP contribution in [0.1, 0.15) is 48.7 Å². The molecule has 2 N–H and O–H groups in total. The Morgan fingerprint density at radius 3 is 3.00 bits per heavy atom. The van der Waals surface area contributed by atoms with E-state index in [1.54, 1.807) is 13.2 Å². The van der Waals surface area contributed by atoms with Crippen molar-refractivity contribution >= 4 is 0 Å². The van der Waals surface area contributed by atoms with Crippen molar-refractivity contribution < 1.29 is 13.9 Å². The molecule has 2 aromatic rings. The highest BCUT2D eigenvalue weighted by Crippen LogP contribution is 2.31. The minimum Gasteiger partial charge on any atom is -0.469 e. The minimum absolute atomic E-state index is 0.250. The molecule has 1 aliphatic carbocycles. The number of rotatable bonds is 4. The van der Waals surface area contributed by atoms with E-state index < -0.39 is 5.60 Å². The van der Waals surface area contributed by atoms with Crippen molar-refractivity contribution in [2.24, 2.45) is 0 Å². The number of aryl methyl sites for hydroxylation is 2. The van der Waals surface area contributed by atoms with Crippen molar-refractivity contribution in [2.75, 3.05) is 6.54 Å². The summed E-state index contributed by atoms with van der Waals surface area (Å²) in [7, 11) is 0. The van der Waals surface area contributed by atoms with Gasteiger partial charge in [0.05, 0.1) is 6.26 Å². The van der Waals surface area contributed by atoms with Crippen LogP contribution in [0.2, 0.25) is 0 Å². The monoisotopic (exact) mass is 275 g/mol. The lowest BCUT2D eigenvalue weighted by molar-refractivity contribution is 0.0301. The highest BCUT2D eigenvalue weighted by Gasteiger charge is 2.29. The summed E-state index contributed by atoms with van der Waals surface area (Å²) < 4.78 is 11.0. The summed E-state index contributed by atoms with van der Waals surface area (Å²) in [4.78, 5) is 0. The Hall–Kier alpha value is -1.52. The quantitative estimate of drug-likeness (QED) is 0.900. The molecule has 0 saturated carbocycles. The number of aliphatic hydroxyl groups is 1. The molecule has 0 aromatic carbocycles. The smallest absolute Gasteiger partial charge is 0.136 e. The molecular weight excluding hydrogens is 254 g/mol. The van der Waals surface area contributed by atoms with E-state index in [1.807, 2.05) is 25.1 Å². The van der Waals surface area contributed by atoms with Gasteiger partial charge in [-0.1, -0.05) is 0 Å². The van der Waals surface area contributed by atoms with Gasteiger partial charge in [0.25, 0.3) is 0 Å². The fourth-order valence-corrected chi connectivity index (χ4v) is 2.83. The predicted octanol–water partition coefficient (Wildman–Crippen LogP) is 3.06. The lowest BCUT2D eigenvalue weighted by atomic mass is 9.92. The first-order valence-electron chi connectivity index (χ1n) is 7.15. The average molecular weight is 275 g/mol. The van der Waals surface area contributed by atoms with Crippen LogP contribution in [0.15, 0.2) is 33.3 Å². The van der Waals surface area contributed by atoms with E-state index in [-0.39, 0.29) is 6.04 Å². The highest BCUT2D eigenvalue weighted by molar-refractivity contribution is 5.24. The summed E-state index contributed by atoms with van der Waals surface area (Å²) in [6.07, 6.45) is 4.94. The fraction of sp³-hybridized carbons (Fsp3) is 0.500. The zero-order valence-corrected chi connectivity index (χ0v) is 12.0. The number of hydrogen-bond acceptors (Lipinski definition) is 4. The van der Waals surface area contributed by atoms with Crippen LogP contribution < -0.4 is 5.32 Å². The summed E-state index contributed by atoms with van der Waals surface area (Å²) >= 11 is 0. The summed E-state index contributed by atoms with van der Waals surface area (Å²) in [5, 5.41) is 14.0. The molecular formula is C16H21NO3. The third-order valence-corrected chi connectivity index (χ3v) is 4.02. The maximum Gasteiger partial charge on any atom is 0.136 e. The van der Waals surface area contributed by atoms with Gasteiger partial charge in [0.2, 0.25) is 0 Å². The molecule has 3 rings (SSSR count). The Labute approximate surface area is 118 Å². The van der Waals surface area contributed by atoms with Gasteiger partial charge in [0, 0.05) is 24.6 Å². The Morgan fingerprint density at radius 2 is 2.25 bits per heavy atom. The van der Waals surface area contributed by atoms with E-state index in [0.29, 0.717) is 12.3 Å². The van der Waals surface area contributed by atoms with Crippen molar-refractivity contribution in [2.45, 2.75) is 44.8 Å². The Bertz CT molecular complexity index is 582. The summed E-state index contributed by atoms with van der Waals surface area (Å²) in [6.45, 7) is 4.11. The van der Waals surface area contributed by atoms with Crippen molar-refractivity contribution in [3.05, 3.63) is 47.3 Å². The van der Waals surface area contributed by atoms with Crippen molar-refractivity contribution in [3.63, 3.8) is 0 Å². The van der Waals surface area contributed by atoms with Gasteiger partial charge in [-0.25, -0.2) is 0 Å². The normalized spacial score (nSPS) is 21.4. The standard InChI is InChI=1S/C16H21NO3/c1-11-6-7-15(20-11)16(2,18)10-17-13-4-3-5-14-12(13)8-9-19-14/h6-9,13,17-18H,3-5,10H2,1-2H3/t13-,16-/m0/s1. The molecule has 0 bridgehead atoms. The molecule has 108 valence electrons. The third kappa shape index (κ3) is 2.53. The molecule has 1 aliphatic rings. The Morgan fingerprint density at radius 1 is 1.40 bits per heavy atom. The van der Waals surface area contributed by atoms with E-state index in [2.05, 4.69) is 5.32 Å². The predicted molar refractivity (Wildman–Crippen MR) is 75.4 cm³/mol. The number of nitrogens with one attached hydrogen (secondary N) is 1. The molecule has 20 heavy (non-hydrogen) atoms. The average Bonchev–Trinajstić information content (AvgIpc) is 3.05. The molecule has 0 aliphatic heterocycles. The SMILES string of the molecule is Cc1ccc([C@@](C)(O)CN[C@H]2CCCc3occc32)o1. The van der Waals surface area contributed by atoms with Gasteiger partial charge in [0.1, 0.15) is 22.9 Å². The molecule has 2 heterocycles. The van der Waals surface area contributed by atoms with E-state index in [4.69, 9.17) is 8.83 Å². The van der Waals surface area contributed by atoms with Crippen LogP contribution >= 0.6 is 0 Å². The third-order valence-electron chi connectivity index (χ3n) is 4.02. The van der Waals surface area contributed by atoms with Crippen molar-refractivity contribution in [1.29, 1.82) is 0 Å². The van der Waals surface area contributed by atoms with Gasteiger partial charge in [-0.3, -0.25) is 0 Å². The topological polar surface area (TPSA) is 58.5 Å². The lowest BCUT2D eigenvalue weighted by Crippen LogP contribution is -2.38. The molecule has 0 amide bonds. The molecule has 0 saturated heterocycles. The highest BCUT2D eigenvalue weighted by atomic mass is 16.4. The molecule has 2 aromatic heterocycles. The molecule has 4 nitrogen and oxygen atoms in total. The first kappa shape index (κ1) is 13.5.